The summed E-state index contributed by atoms with van der Waals surface area (Å²) in [5.41, 5.74) is 2.33. The van der Waals surface area contributed by atoms with Crippen molar-refractivity contribution in [3.63, 3.8) is 0 Å². The number of aromatic carboxylic acids is 1. The molecule has 2 aromatic rings. The lowest BCUT2D eigenvalue weighted by molar-refractivity contribution is 0.0699. The lowest BCUT2D eigenvalue weighted by Crippen LogP contribution is -2.02. The molecule has 3 heteroatoms. The second-order valence-electron chi connectivity index (χ2n) is 4.78. The molecule has 1 aliphatic carbocycles. The van der Waals surface area contributed by atoms with E-state index in [9.17, 15) is 9.90 Å². The maximum Gasteiger partial charge on any atom is 0.336 e. The second kappa shape index (κ2) is 5.21. The van der Waals surface area contributed by atoms with Crippen molar-refractivity contribution >= 4 is 22.4 Å². The van der Waals surface area contributed by atoms with Crippen molar-refractivity contribution in [2.75, 3.05) is 5.32 Å². The lowest BCUT2D eigenvalue weighted by Gasteiger charge is -2.14. The molecule has 1 aliphatic rings. The normalized spacial score (nSPS) is 14.1. The summed E-state index contributed by atoms with van der Waals surface area (Å²) in [6.45, 7) is 0. The summed E-state index contributed by atoms with van der Waals surface area (Å²) >= 11 is 0. The quantitative estimate of drug-likeness (QED) is 0.875. The molecule has 0 heterocycles. The van der Waals surface area contributed by atoms with Gasteiger partial charge in [-0.25, -0.2) is 4.79 Å². The molecular formula is C17H15NO2. The summed E-state index contributed by atoms with van der Waals surface area (Å²) in [5.74, 6) is -0.899. The standard InChI is InChI=1S/C17H15NO2/c19-17(20)15-10-11-16(14-9-5-4-8-13(14)15)18-12-6-2-1-3-7-12/h2,4-11,18H,1,3H2,(H,19,20). The van der Waals surface area contributed by atoms with Crippen LogP contribution in [0.25, 0.3) is 10.8 Å². The molecule has 0 atom stereocenters. The highest BCUT2D eigenvalue weighted by Gasteiger charge is 2.11. The van der Waals surface area contributed by atoms with Crippen LogP contribution < -0.4 is 5.32 Å². The number of carbonyl (C=O) groups is 1. The lowest BCUT2D eigenvalue weighted by atomic mass is 10.0. The first-order valence-electron chi connectivity index (χ1n) is 6.64. The van der Waals surface area contributed by atoms with E-state index in [1.807, 2.05) is 30.3 Å². The Labute approximate surface area is 117 Å². The molecule has 2 N–H and O–H groups in total. The molecule has 0 fully saturated rings. The number of carboxylic acids is 1. The number of rotatable bonds is 3. The van der Waals surface area contributed by atoms with Gasteiger partial charge in [-0.2, -0.15) is 0 Å². The van der Waals surface area contributed by atoms with Crippen LogP contribution in [0.5, 0.6) is 0 Å². The van der Waals surface area contributed by atoms with Crippen molar-refractivity contribution in [3.8, 4) is 0 Å². The van der Waals surface area contributed by atoms with Gasteiger partial charge >= 0.3 is 5.97 Å². The van der Waals surface area contributed by atoms with E-state index in [4.69, 9.17) is 0 Å². The Hall–Kier alpha value is -2.55. The van der Waals surface area contributed by atoms with Crippen LogP contribution in [0.4, 0.5) is 5.69 Å². The van der Waals surface area contributed by atoms with E-state index in [1.165, 1.54) is 0 Å². The average Bonchev–Trinajstić information content (AvgIpc) is 2.48. The van der Waals surface area contributed by atoms with E-state index in [-0.39, 0.29) is 0 Å². The van der Waals surface area contributed by atoms with Crippen LogP contribution in [0.15, 0.2) is 60.3 Å². The van der Waals surface area contributed by atoms with E-state index in [2.05, 4.69) is 23.5 Å². The first-order valence-corrected chi connectivity index (χ1v) is 6.64. The van der Waals surface area contributed by atoms with Crippen LogP contribution >= 0.6 is 0 Å². The van der Waals surface area contributed by atoms with Crippen LogP contribution in [-0.4, -0.2) is 11.1 Å². The van der Waals surface area contributed by atoms with Crippen molar-refractivity contribution in [1.29, 1.82) is 0 Å². The van der Waals surface area contributed by atoms with Crippen molar-refractivity contribution in [2.45, 2.75) is 12.8 Å². The molecule has 0 aliphatic heterocycles. The number of anilines is 1. The van der Waals surface area contributed by atoms with Crippen molar-refractivity contribution in [1.82, 2.24) is 0 Å². The first-order chi connectivity index (χ1) is 9.75. The smallest absolute Gasteiger partial charge is 0.336 e. The van der Waals surface area contributed by atoms with Gasteiger partial charge < -0.3 is 10.4 Å². The summed E-state index contributed by atoms with van der Waals surface area (Å²) < 4.78 is 0. The zero-order chi connectivity index (χ0) is 13.9. The second-order valence-corrected chi connectivity index (χ2v) is 4.78. The number of nitrogens with one attached hydrogen (secondary N) is 1. The molecular weight excluding hydrogens is 250 g/mol. The van der Waals surface area contributed by atoms with E-state index in [0.717, 1.165) is 35.0 Å². The molecule has 2 aromatic carbocycles. The number of benzene rings is 2. The summed E-state index contributed by atoms with van der Waals surface area (Å²) in [7, 11) is 0. The molecule has 20 heavy (non-hydrogen) atoms. The molecule has 0 saturated heterocycles. The van der Waals surface area contributed by atoms with Crippen molar-refractivity contribution in [2.24, 2.45) is 0 Å². The molecule has 0 saturated carbocycles. The number of hydrogen-bond donors (Lipinski definition) is 2. The van der Waals surface area contributed by atoms with Gasteiger partial charge in [0, 0.05) is 16.8 Å². The molecule has 0 unspecified atom stereocenters. The summed E-state index contributed by atoms with van der Waals surface area (Å²) in [5, 5.41) is 14.3. The Kier molecular flexibility index (Phi) is 3.25. The van der Waals surface area contributed by atoms with Gasteiger partial charge in [0.05, 0.1) is 5.56 Å². The molecule has 100 valence electrons. The number of fused-ring (bicyclic) bond motifs is 1. The van der Waals surface area contributed by atoms with Crippen molar-refractivity contribution < 1.29 is 9.90 Å². The third-order valence-electron chi connectivity index (χ3n) is 3.43. The van der Waals surface area contributed by atoms with Gasteiger partial charge in [-0.05, 0) is 36.4 Å². The molecule has 3 rings (SSSR count). The monoisotopic (exact) mass is 265 g/mol. The van der Waals surface area contributed by atoms with Gasteiger partial charge in [-0.1, -0.05) is 36.4 Å². The Morgan fingerprint density at radius 3 is 2.55 bits per heavy atom. The minimum absolute atomic E-state index is 0.333. The molecule has 0 radical (unpaired) electrons. The van der Waals surface area contributed by atoms with Gasteiger partial charge in [0.2, 0.25) is 0 Å². The average molecular weight is 265 g/mol. The fourth-order valence-electron chi connectivity index (χ4n) is 2.46. The number of carboxylic acid groups (broad SMARTS) is 1. The Morgan fingerprint density at radius 1 is 1.05 bits per heavy atom. The Bertz CT molecular complexity index is 729. The van der Waals surface area contributed by atoms with Crippen molar-refractivity contribution in [3.05, 3.63) is 65.9 Å². The van der Waals surface area contributed by atoms with E-state index >= 15 is 0 Å². The topological polar surface area (TPSA) is 49.3 Å². The van der Waals surface area contributed by atoms with E-state index in [1.54, 1.807) is 6.07 Å². The van der Waals surface area contributed by atoms with Gasteiger partial charge in [0.15, 0.2) is 0 Å². The van der Waals surface area contributed by atoms with Gasteiger partial charge in [-0.15, -0.1) is 0 Å². The zero-order valence-electron chi connectivity index (χ0n) is 11.0. The minimum Gasteiger partial charge on any atom is -0.478 e. The van der Waals surface area contributed by atoms with Crippen LogP contribution in [-0.2, 0) is 0 Å². The fourth-order valence-corrected chi connectivity index (χ4v) is 2.46. The maximum absolute atomic E-state index is 11.3. The van der Waals surface area contributed by atoms with Crippen LogP contribution in [0.2, 0.25) is 0 Å². The summed E-state index contributed by atoms with van der Waals surface area (Å²) in [6, 6.07) is 11.0. The third kappa shape index (κ3) is 2.30. The molecule has 0 amide bonds. The molecule has 0 aromatic heterocycles. The summed E-state index contributed by atoms with van der Waals surface area (Å²) in [6.07, 6.45) is 8.45. The minimum atomic E-state index is -0.899. The van der Waals surface area contributed by atoms with Crippen LogP contribution in [0, 0.1) is 0 Å². The predicted octanol–water partition coefficient (Wildman–Crippen LogP) is 4.18. The summed E-state index contributed by atoms with van der Waals surface area (Å²) in [4.78, 5) is 11.3. The highest BCUT2D eigenvalue weighted by atomic mass is 16.4. The molecule has 0 bridgehead atoms. The Balaban J connectivity index is 2.08. The largest absolute Gasteiger partial charge is 0.478 e. The predicted molar refractivity (Wildman–Crippen MR) is 81.0 cm³/mol. The van der Waals surface area contributed by atoms with Crippen LogP contribution in [0.1, 0.15) is 23.2 Å². The molecule has 0 spiro atoms. The maximum atomic E-state index is 11.3. The first kappa shape index (κ1) is 12.5. The zero-order valence-corrected chi connectivity index (χ0v) is 11.0. The Morgan fingerprint density at radius 2 is 1.85 bits per heavy atom. The molecule has 3 nitrogen and oxygen atoms in total. The highest BCUT2D eigenvalue weighted by molar-refractivity contribution is 6.07. The van der Waals surface area contributed by atoms with Gasteiger partial charge in [0.25, 0.3) is 0 Å². The number of hydrogen-bond acceptors (Lipinski definition) is 2. The van der Waals surface area contributed by atoms with E-state index in [0.29, 0.717) is 5.56 Å². The van der Waals surface area contributed by atoms with Crippen LogP contribution in [0.3, 0.4) is 0 Å². The van der Waals surface area contributed by atoms with E-state index < -0.39 is 5.97 Å². The van der Waals surface area contributed by atoms with Gasteiger partial charge in [-0.3, -0.25) is 0 Å². The highest BCUT2D eigenvalue weighted by Crippen LogP contribution is 2.28. The third-order valence-corrected chi connectivity index (χ3v) is 3.43. The van der Waals surface area contributed by atoms with Gasteiger partial charge in [0.1, 0.15) is 0 Å². The fraction of sp³-hybridized carbons (Fsp3) is 0.118. The SMILES string of the molecule is O=C(O)c1ccc(NC2=CCCC=C2)c2ccccc12. The number of allylic oxidation sites excluding steroid dienone is 3.